The second-order valence-corrected chi connectivity index (χ2v) is 3.75. The Hall–Kier alpha value is 0.0600. The van der Waals surface area contributed by atoms with Gasteiger partial charge in [0.05, 0.1) is 0 Å². The van der Waals surface area contributed by atoms with Crippen LogP contribution in [0.15, 0.2) is 0 Å². The molecule has 0 aliphatic rings. The molecule has 6 heteroatoms. The standard InChI is InChI=1S/C8H16F3NOS/c1-2-13-6-3-4-12-5-7-14-8(9,10)11/h12H,2-7H2,1H3. The first kappa shape index (κ1) is 14.1. The van der Waals surface area contributed by atoms with Crippen LogP contribution in [0.25, 0.3) is 0 Å². The van der Waals surface area contributed by atoms with Gasteiger partial charge in [0.2, 0.25) is 0 Å². The Morgan fingerprint density at radius 2 is 2.00 bits per heavy atom. The maximum Gasteiger partial charge on any atom is 0.441 e. The first-order chi connectivity index (χ1) is 6.56. The zero-order valence-electron chi connectivity index (χ0n) is 8.19. The zero-order valence-corrected chi connectivity index (χ0v) is 9.01. The normalized spacial score (nSPS) is 12.0. The van der Waals surface area contributed by atoms with Crippen LogP contribution in [0, 0.1) is 0 Å². The topological polar surface area (TPSA) is 21.3 Å². The van der Waals surface area contributed by atoms with Gasteiger partial charge >= 0.3 is 5.51 Å². The minimum absolute atomic E-state index is 0.00812. The summed E-state index contributed by atoms with van der Waals surface area (Å²) in [6.45, 7) is 4.35. The fourth-order valence-corrected chi connectivity index (χ4v) is 1.29. The van der Waals surface area contributed by atoms with Crippen LogP contribution in [0.3, 0.4) is 0 Å². The minimum Gasteiger partial charge on any atom is -0.382 e. The van der Waals surface area contributed by atoms with E-state index >= 15 is 0 Å². The number of thioether (sulfide) groups is 1. The van der Waals surface area contributed by atoms with Crippen molar-refractivity contribution in [1.82, 2.24) is 5.32 Å². The quantitative estimate of drug-likeness (QED) is 0.647. The molecule has 0 aromatic carbocycles. The summed E-state index contributed by atoms with van der Waals surface area (Å²) in [5.41, 5.74) is -4.10. The molecule has 2 nitrogen and oxygen atoms in total. The Labute approximate surface area is 86.6 Å². The number of hydrogen-bond donors (Lipinski definition) is 1. The van der Waals surface area contributed by atoms with Crippen molar-refractivity contribution in [1.29, 1.82) is 0 Å². The zero-order chi connectivity index (χ0) is 10.9. The van der Waals surface area contributed by atoms with Crippen LogP contribution in [0.4, 0.5) is 13.2 Å². The SMILES string of the molecule is CCOCCCNCCSC(F)(F)F. The van der Waals surface area contributed by atoms with Gasteiger partial charge in [-0.2, -0.15) is 13.2 Å². The molecule has 86 valence electrons. The summed E-state index contributed by atoms with van der Waals surface area (Å²) < 4.78 is 40.0. The molecule has 0 radical (unpaired) electrons. The van der Waals surface area contributed by atoms with Crippen LogP contribution in [0.2, 0.25) is 0 Å². The molecule has 0 aliphatic carbocycles. The Kier molecular flexibility index (Phi) is 8.41. The van der Waals surface area contributed by atoms with Gasteiger partial charge in [0.25, 0.3) is 0 Å². The molecule has 0 bridgehead atoms. The van der Waals surface area contributed by atoms with Crippen LogP contribution in [0.1, 0.15) is 13.3 Å². The fourth-order valence-electron chi connectivity index (χ4n) is 0.807. The monoisotopic (exact) mass is 231 g/mol. The maximum atomic E-state index is 11.6. The van der Waals surface area contributed by atoms with Crippen molar-refractivity contribution in [3.05, 3.63) is 0 Å². The van der Waals surface area contributed by atoms with E-state index in [4.69, 9.17) is 4.74 Å². The predicted molar refractivity (Wildman–Crippen MR) is 52.5 cm³/mol. The smallest absolute Gasteiger partial charge is 0.382 e. The molecule has 0 aliphatic heterocycles. The van der Waals surface area contributed by atoms with Crippen molar-refractivity contribution in [3.8, 4) is 0 Å². The third-order valence-electron chi connectivity index (χ3n) is 1.39. The summed E-state index contributed by atoms with van der Waals surface area (Å²) >= 11 is 0.00812. The van der Waals surface area contributed by atoms with Gasteiger partial charge in [0.15, 0.2) is 0 Å². The molecule has 1 N–H and O–H groups in total. The molecule has 0 atom stereocenters. The molecule has 14 heavy (non-hydrogen) atoms. The van der Waals surface area contributed by atoms with Gasteiger partial charge in [-0.05, 0) is 31.7 Å². The van der Waals surface area contributed by atoms with Crippen molar-refractivity contribution in [2.75, 3.05) is 32.1 Å². The summed E-state index contributed by atoms with van der Waals surface area (Å²) in [5, 5.41) is 2.92. The summed E-state index contributed by atoms with van der Waals surface area (Å²) in [4.78, 5) is 0. The van der Waals surface area contributed by atoms with E-state index in [1.807, 2.05) is 6.92 Å². The molecule has 0 fully saturated rings. The lowest BCUT2D eigenvalue weighted by Crippen LogP contribution is -2.21. The summed E-state index contributed by atoms with van der Waals surface area (Å²) in [7, 11) is 0. The first-order valence-electron chi connectivity index (χ1n) is 4.55. The number of nitrogens with one attached hydrogen (secondary N) is 1. The molecular weight excluding hydrogens is 215 g/mol. The van der Waals surface area contributed by atoms with Gasteiger partial charge in [0, 0.05) is 25.5 Å². The highest BCUT2D eigenvalue weighted by Crippen LogP contribution is 2.29. The van der Waals surface area contributed by atoms with Crippen molar-refractivity contribution in [3.63, 3.8) is 0 Å². The van der Waals surface area contributed by atoms with Crippen molar-refractivity contribution >= 4 is 11.8 Å². The average Bonchev–Trinajstić information content (AvgIpc) is 2.08. The highest BCUT2D eigenvalue weighted by atomic mass is 32.2. The van der Waals surface area contributed by atoms with Crippen molar-refractivity contribution in [2.45, 2.75) is 18.9 Å². The summed E-state index contributed by atoms with van der Waals surface area (Å²) in [6.07, 6.45) is 0.838. The minimum atomic E-state index is -4.10. The van der Waals surface area contributed by atoms with Crippen molar-refractivity contribution < 1.29 is 17.9 Å². The van der Waals surface area contributed by atoms with E-state index in [0.29, 0.717) is 26.3 Å². The molecule has 0 unspecified atom stereocenters. The molecule has 0 spiro atoms. The van der Waals surface area contributed by atoms with E-state index in [-0.39, 0.29) is 17.5 Å². The Morgan fingerprint density at radius 3 is 2.57 bits per heavy atom. The first-order valence-corrected chi connectivity index (χ1v) is 5.54. The Bertz CT molecular complexity index is 132. The number of alkyl halides is 3. The summed E-state index contributed by atoms with van der Waals surface area (Å²) in [5.74, 6) is 0.0676. The van der Waals surface area contributed by atoms with E-state index in [1.54, 1.807) is 0 Å². The molecule has 0 saturated heterocycles. The average molecular weight is 231 g/mol. The number of hydrogen-bond acceptors (Lipinski definition) is 3. The maximum absolute atomic E-state index is 11.6. The second kappa shape index (κ2) is 8.38. The summed E-state index contributed by atoms with van der Waals surface area (Å²) in [6, 6.07) is 0. The van der Waals surface area contributed by atoms with Crippen LogP contribution < -0.4 is 5.32 Å². The largest absolute Gasteiger partial charge is 0.441 e. The highest BCUT2D eigenvalue weighted by molar-refractivity contribution is 8.00. The van der Waals surface area contributed by atoms with Crippen LogP contribution in [0.5, 0.6) is 0 Å². The Morgan fingerprint density at radius 1 is 1.29 bits per heavy atom. The van der Waals surface area contributed by atoms with Gasteiger partial charge in [-0.15, -0.1) is 0 Å². The molecular formula is C8H16F3NOS. The number of halogens is 3. The van der Waals surface area contributed by atoms with E-state index in [2.05, 4.69) is 5.32 Å². The third kappa shape index (κ3) is 12.1. The molecule has 0 aromatic rings. The van der Waals surface area contributed by atoms with E-state index in [0.717, 1.165) is 6.42 Å². The van der Waals surface area contributed by atoms with Crippen LogP contribution in [-0.4, -0.2) is 37.6 Å². The van der Waals surface area contributed by atoms with Gasteiger partial charge in [-0.3, -0.25) is 0 Å². The van der Waals surface area contributed by atoms with Crippen LogP contribution >= 0.6 is 11.8 Å². The molecule has 0 heterocycles. The van der Waals surface area contributed by atoms with Crippen molar-refractivity contribution in [2.24, 2.45) is 0 Å². The lowest BCUT2D eigenvalue weighted by molar-refractivity contribution is -0.0327. The third-order valence-corrected chi connectivity index (χ3v) is 2.13. The van der Waals surface area contributed by atoms with Gasteiger partial charge in [0.1, 0.15) is 0 Å². The second-order valence-electron chi connectivity index (χ2n) is 2.59. The highest BCUT2D eigenvalue weighted by Gasteiger charge is 2.27. The predicted octanol–water partition coefficient (Wildman–Crippen LogP) is 2.26. The van der Waals surface area contributed by atoms with E-state index < -0.39 is 5.51 Å². The van der Waals surface area contributed by atoms with Gasteiger partial charge < -0.3 is 10.1 Å². The molecule has 0 rings (SSSR count). The molecule has 0 saturated carbocycles. The number of rotatable bonds is 8. The lowest BCUT2D eigenvalue weighted by Gasteiger charge is -2.06. The van der Waals surface area contributed by atoms with Gasteiger partial charge in [-0.1, -0.05) is 0 Å². The fraction of sp³-hybridized carbons (Fsp3) is 1.00. The van der Waals surface area contributed by atoms with E-state index in [9.17, 15) is 13.2 Å². The lowest BCUT2D eigenvalue weighted by atomic mass is 10.4. The van der Waals surface area contributed by atoms with E-state index in [1.165, 1.54) is 0 Å². The molecule has 0 aromatic heterocycles. The Balaban J connectivity index is 2.99. The van der Waals surface area contributed by atoms with Gasteiger partial charge in [-0.25, -0.2) is 0 Å². The van der Waals surface area contributed by atoms with Crippen LogP contribution in [-0.2, 0) is 4.74 Å². The molecule has 0 amide bonds. The number of ether oxygens (including phenoxy) is 1.